The second kappa shape index (κ2) is 4.72. The van der Waals surface area contributed by atoms with Crippen LogP contribution in [0.2, 0.25) is 0 Å². The summed E-state index contributed by atoms with van der Waals surface area (Å²) in [6.07, 6.45) is 2.51. The lowest BCUT2D eigenvalue weighted by molar-refractivity contribution is 0.309. The quantitative estimate of drug-likeness (QED) is 0.841. The molecule has 3 N–H and O–H groups in total. The van der Waals surface area contributed by atoms with E-state index in [4.69, 9.17) is 18.0 Å². The van der Waals surface area contributed by atoms with E-state index in [2.05, 4.69) is 28.2 Å². The molecule has 16 heavy (non-hydrogen) atoms. The first-order valence-corrected chi connectivity index (χ1v) is 6.62. The fraction of sp³-hybridized carbons (Fsp3) is 0.417. The predicted octanol–water partition coefficient (Wildman–Crippen LogP) is 3.29. The van der Waals surface area contributed by atoms with Gasteiger partial charge in [-0.05, 0) is 52.9 Å². The third kappa shape index (κ3) is 2.55. The third-order valence-corrected chi connectivity index (χ3v) is 3.88. The number of rotatable bonds is 3. The van der Waals surface area contributed by atoms with Crippen LogP contribution in [0.15, 0.2) is 22.7 Å². The molecule has 1 saturated carbocycles. The van der Waals surface area contributed by atoms with E-state index in [1.807, 2.05) is 18.2 Å². The van der Waals surface area contributed by atoms with Crippen molar-refractivity contribution < 1.29 is 0 Å². The highest BCUT2D eigenvalue weighted by Gasteiger charge is 2.25. The van der Waals surface area contributed by atoms with Crippen LogP contribution < -0.4 is 11.1 Å². The highest BCUT2D eigenvalue weighted by Crippen LogP contribution is 2.32. The van der Waals surface area contributed by atoms with Crippen LogP contribution in [0.25, 0.3) is 0 Å². The Morgan fingerprint density at radius 2 is 2.19 bits per heavy atom. The van der Waals surface area contributed by atoms with E-state index in [1.54, 1.807) is 0 Å². The summed E-state index contributed by atoms with van der Waals surface area (Å²) in [5.41, 5.74) is 7.60. The smallest absolute Gasteiger partial charge is 0.104 e. The summed E-state index contributed by atoms with van der Waals surface area (Å²) in [5.74, 6) is 0.854. The second-order valence-corrected chi connectivity index (χ2v) is 5.77. The molecule has 0 saturated heterocycles. The van der Waals surface area contributed by atoms with Crippen LogP contribution in [0.3, 0.4) is 0 Å². The molecule has 0 spiro atoms. The second-order valence-electron chi connectivity index (χ2n) is 4.48. The summed E-state index contributed by atoms with van der Waals surface area (Å²) in [4.78, 5) is 0.435. The lowest BCUT2D eigenvalue weighted by atomic mass is 9.82. The van der Waals surface area contributed by atoms with Gasteiger partial charge in [-0.15, -0.1) is 0 Å². The van der Waals surface area contributed by atoms with Crippen LogP contribution in [0.4, 0.5) is 5.69 Å². The average Bonchev–Trinajstić information content (AvgIpc) is 2.18. The van der Waals surface area contributed by atoms with E-state index in [9.17, 15) is 0 Å². The standard InChI is InChI=1S/C12H15BrN2S/c1-7-4-9(5-7)15-11-3-2-8(12(14)16)6-10(11)13/h2-3,6-7,9,15H,4-5H2,1H3,(H2,14,16). The summed E-state index contributed by atoms with van der Waals surface area (Å²) in [6.45, 7) is 2.28. The normalized spacial score (nSPS) is 23.6. The van der Waals surface area contributed by atoms with Gasteiger partial charge in [0.15, 0.2) is 0 Å². The van der Waals surface area contributed by atoms with Crippen molar-refractivity contribution in [2.75, 3.05) is 5.32 Å². The molecule has 86 valence electrons. The first-order chi connectivity index (χ1) is 7.56. The van der Waals surface area contributed by atoms with Crippen molar-refractivity contribution in [3.05, 3.63) is 28.2 Å². The lowest BCUT2D eigenvalue weighted by Crippen LogP contribution is -2.33. The summed E-state index contributed by atoms with van der Waals surface area (Å²) in [5, 5.41) is 3.51. The molecule has 1 aromatic rings. The van der Waals surface area contributed by atoms with Crippen LogP contribution in [0.1, 0.15) is 25.3 Å². The molecule has 1 aliphatic rings. The summed E-state index contributed by atoms with van der Waals surface area (Å²) in [6, 6.07) is 6.56. The van der Waals surface area contributed by atoms with Gasteiger partial charge in [0.1, 0.15) is 4.99 Å². The number of nitrogens with two attached hydrogens (primary N) is 1. The number of thiocarbonyl (C=S) groups is 1. The van der Waals surface area contributed by atoms with E-state index < -0.39 is 0 Å². The van der Waals surface area contributed by atoms with Crippen molar-refractivity contribution in [2.45, 2.75) is 25.8 Å². The zero-order valence-corrected chi connectivity index (χ0v) is 11.6. The Kier molecular flexibility index (Phi) is 3.50. The van der Waals surface area contributed by atoms with Crippen molar-refractivity contribution in [3.63, 3.8) is 0 Å². The Hall–Kier alpha value is -0.610. The molecule has 0 unspecified atom stereocenters. The van der Waals surface area contributed by atoms with Gasteiger partial charge in [0, 0.05) is 21.8 Å². The van der Waals surface area contributed by atoms with E-state index >= 15 is 0 Å². The van der Waals surface area contributed by atoms with Crippen LogP contribution in [-0.2, 0) is 0 Å². The van der Waals surface area contributed by atoms with Crippen molar-refractivity contribution in [3.8, 4) is 0 Å². The Bertz CT molecular complexity index is 413. The minimum atomic E-state index is 0.435. The SMILES string of the molecule is CC1CC(Nc2ccc(C(N)=S)cc2Br)C1. The molecule has 0 atom stereocenters. The maximum Gasteiger partial charge on any atom is 0.104 e. The number of nitrogens with one attached hydrogen (secondary N) is 1. The molecule has 2 nitrogen and oxygen atoms in total. The molecule has 0 aliphatic heterocycles. The fourth-order valence-corrected chi connectivity index (χ4v) is 2.65. The molecule has 4 heteroatoms. The Balaban J connectivity index is 2.07. The Labute approximate surface area is 110 Å². The number of anilines is 1. The van der Waals surface area contributed by atoms with Crippen molar-refractivity contribution in [1.82, 2.24) is 0 Å². The summed E-state index contributed by atoms with van der Waals surface area (Å²) < 4.78 is 1.03. The zero-order valence-electron chi connectivity index (χ0n) is 9.16. The van der Waals surface area contributed by atoms with Crippen molar-refractivity contribution >= 4 is 38.8 Å². The molecule has 0 aromatic heterocycles. The number of hydrogen-bond acceptors (Lipinski definition) is 2. The van der Waals surface area contributed by atoms with Gasteiger partial charge in [-0.2, -0.15) is 0 Å². The Morgan fingerprint density at radius 3 is 2.69 bits per heavy atom. The highest BCUT2D eigenvalue weighted by molar-refractivity contribution is 9.10. The largest absolute Gasteiger partial charge is 0.389 e. The highest BCUT2D eigenvalue weighted by atomic mass is 79.9. The minimum absolute atomic E-state index is 0.435. The Morgan fingerprint density at radius 1 is 1.50 bits per heavy atom. The van der Waals surface area contributed by atoms with Crippen LogP contribution in [-0.4, -0.2) is 11.0 Å². The maximum absolute atomic E-state index is 5.58. The topological polar surface area (TPSA) is 38.0 Å². The molecule has 0 amide bonds. The van der Waals surface area contributed by atoms with E-state index in [0.717, 1.165) is 21.6 Å². The van der Waals surface area contributed by atoms with E-state index in [-0.39, 0.29) is 0 Å². The average molecular weight is 299 g/mol. The van der Waals surface area contributed by atoms with Crippen LogP contribution in [0, 0.1) is 5.92 Å². The van der Waals surface area contributed by atoms with Gasteiger partial charge >= 0.3 is 0 Å². The van der Waals surface area contributed by atoms with Gasteiger partial charge in [-0.1, -0.05) is 19.1 Å². The molecule has 1 aliphatic carbocycles. The molecule has 1 fully saturated rings. The van der Waals surface area contributed by atoms with Gasteiger partial charge < -0.3 is 11.1 Å². The molecule has 2 rings (SSSR count). The molecular formula is C12H15BrN2S. The first-order valence-electron chi connectivity index (χ1n) is 5.42. The number of benzene rings is 1. The van der Waals surface area contributed by atoms with Gasteiger partial charge in [0.05, 0.1) is 0 Å². The fourth-order valence-electron chi connectivity index (χ4n) is 2.03. The summed E-state index contributed by atoms with van der Waals surface area (Å²) >= 11 is 8.47. The summed E-state index contributed by atoms with van der Waals surface area (Å²) in [7, 11) is 0. The van der Waals surface area contributed by atoms with Crippen molar-refractivity contribution in [1.29, 1.82) is 0 Å². The van der Waals surface area contributed by atoms with E-state index in [0.29, 0.717) is 11.0 Å². The third-order valence-electron chi connectivity index (χ3n) is 2.99. The number of hydrogen-bond donors (Lipinski definition) is 2. The minimum Gasteiger partial charge on any atom is -0.389 e. The van der Waals surface area contributed by atoms with Gasteiger partial charge in [-0.3, -0.25) is 0 Å². The predicted molar refractivity (Wildman–Crippen MR) is 75.8 cm³/mol. The molecule has 0 radical (unpaired) electrons. The maximum atomic E-state index is 5.58. The van der Waals surface area contributed by atoms with Crippen LogP contribution in [0.5, 0.6) is 0 Å². The lowest BCUT2D eigenvalue weighted by Gasteiger charge is -2.34. The molecule has 0 bridgehead atoms. The van der Waals surface area contributed by atoms with E-state index in [1.165, 1.54) is 12.8 Å². The number of halogens is 1. The van der Waals surface area contributed by atoms with Crippen LogP contribution >= 0.6 is 28.1 Å². The van der Waals surface area contributed by atoms with Crippen molar-refractivity contribution in [2.24, 2.45) is 11.7 Å². The van der Waals surface area contributed by atoms with Gasteiger partial charge in [-0.25, -0.2) is 0 Å². The first kappa shape index (κ1) is 11.9. The zero-order chi connectivity index (χ0) is 11.7. The molecule has 1 aromatic carbocycles. The van der Waals surface area contributed by atoms with Gasteiger partial charge in [0.25, 0.3) is 0 Å². The molecular weight excluding hydrogens is 284 g/mol. The monoisotopic (exact) mass is 298 g/mol. The molecule has 0 heterocycles. The van der Waals surface area contributed by atoms with Gasteiger partial charge in [0.2, 0.25) is 0 Å².